The first-order valence-electron chi connectivity index (χ1n) is 29.2. The highest BCUT2D eigenvalue weighted by molar-refractivity contribution is 5.76. The van der Waals surface area contributed by atoms with Gasteiger partial charge < -0.3 is 89.9 Å². The predicted molar refractivity (Wildman–Crippen MR) is 295 cm³/mol. The van der Waals surface area contributed by atoms with Crippen molar-refractivity contribution >= 4 is 5.91 Å². The van der Waals surface area contributed by atoms with Crippen molar-refractivity contribution in [3.63, 3.8) is 0 Å². The van der Waals surface area contributed by atoms with Crippen LogP contribution in [0, 0.1) is 0 Å². The molecule has 3 saturated heterocycles. The zero-order chi connectivity index (χ0) is 56.9. The summed E-state index contributed by atoms with van der Waals surface area (Å²) >= 11 is 0. The van der Waals surface area contributed by atoms with Crippen LogP contribution in [0.25, 0.3) is 0 Å². The van der Waals surface area contributed by atoms with Crippen LogP contribution in [-0.4, -0.2) is 193 Å². The predicted octanol–water partition coefficient (Wildman–Crippen LogP) is 4.65. The van der Waals surface area contributed by atoms with Crippen LogP contribution >= 0.6 is 0 Å². The van der Waals surface area contributed by atoms with E-state index >= 15 is 0 Å². The van der Waals surface area contributed by atoms with Crippen molar-refractivity contribution in [2.75, 3.05) is 26.4 Å². The van der Waals surface area contributed by atoms with Gasteiger partial charge in [-0.25, -0.2) is 0 Å². The van der Waals surface area contributed by atoms with E-state index in [9.17, 15) is 61.0 Å². The minimum absolute atomic E-state index is 0.215. The SMILES string of the molecule is CC/C=C\C/C=C\C/C=C\C/C=C\CCCCCCCCC(=O)NC(COC1OC(CO)C(OC2OC(CO)C(OC3OC(CO)C(O)C(O)C3O)C(O)C2O)C(O)C1O)C(O)/C=C/CC/C=C/CCCCCCCCCC. The maximum absolute atomic E-state index is 13.3. The van der Waals surface area contributed by atoms with Crippen LogP contribution in [0.3, 0.4) is 0 Å². The Kier molecular flexibility index (Phi) is 37.5. The molecule has 0 spiro atoms. The van der Waals surface area contributed by atoms with Gasteiger partial charge in [0.15, 0.2) is 18.9 Å². The van der Waals surface area contributed by atoms with E-state index in [4.69, 9.17) is 28.4 Å². The number of ether oxygens (including phenoxy) is 6. The maximum Gasteiger partial charge on any atom is 0.220 e. The Bertz CT molecular complexity index is 1710. The molecule has 0 bridgehead atoms. The standard InChI is InChI=1S/C59H101NO18/c1-3-5-7-9-11-13-15-17-19-20-21-22-23-25-27-29-31-33-35-37-47(65)60-42(43(64)36-34-32-30-28-26-24-18-16-14-12-10-8-6-4-2)41-73-57-53(71)50(68)55(45(39-62)75-57)78-59-54(72)51(69)56(46(40-63)76-59)77-58-52(70)49(67)48(66)44(38-61)74-58/h5,7,11,13,17,19,21-22,26,28,34,36,42-46,48-59,61-64,66-72H,3-4,6,8-10,12,14-16,18,20,23-25,27,29-33,35,37-41H2,1-2H3,(H,60,65)/b7-5-,13-11-,19-17-,22-21-,28-26+,36-34+. The van der Waals surface area contributed by atoms with Crippen molar-refractivity contribution in [3.05, 3.63) is 72.9 Å². The molecule has 0 aromatic rings. The Balaban J connectivity index is 1.53. The van der Waals surface area contributed by atoms with Crippen LogP contribution in [0.2, 0.25) is 0 Å². The van der Waals surface area contributed by atoms with E-state index in [2.05, 4.69) is 79.9 Å². The molecule has 0 aromatic carbocycles. The summed E-state index contributed by atoms with van der Waals surface area (Å²) in [5.74, 6) is -0.304. The fourth-order valence-corrected chi connectivity index (χ4v) is 9.43. The summed E-state index contributed by atoms with van der Waals surface area (Å²) < 4.78 is 34.2. The van der Waals surface area contributed by atoms with E-state index in [1.807, 2.05) is 6.08 Å². The molecule has 450 valence electrons. The number of hydrogen-bond acceptors (Lipinski definition) is 18. The van der Waals surface area contributed by atoms with E-state index < -0.39 is 124 Å². The number of amides is 1. The molecule has 0 saturated carbocycles. The van der Waals surface area contributed by atoms with Gasteiger partial charge in [-0.1, -0.05) is 157 Å². The van der Waals surface area contributed by atoms with Crippen molar-refractivity contribution < 1.29 is 89.4 Å². The van der Waals surface area contributed by atoms with E-state index in [0.717, 1.165) is 83.5 Å². The Morgan fingerprint density at radius 2 is 0.897 bits per heavy atom. The van der Waals surface area contributed by atoms with Crippen LogP contribution in [0.5, 0.6) is 0 Å². The summed E-state index contributed by atoms with van der Waals surface area (Å²) in [6.45, 7) is 1.54. The lowest BCUT2D eigenvalue weighted by Crippen LogP contribution is -2.66. The maximum atomic E-state index is 13.3. The van der Waals surface area contributed by atoms with E-state index in [0.29, 0.717) is 12.8 Å². The molecule has 1 amide bonds. The van der Waals surface area contributed by atoms with Gasteiger partial charge in [-0.15, -0.1) is 0 Å². The number of rotatable bonds is 41. The summed E-state index contributed by atoms with van der Waals surface area (Å²) in [5, 5.41) is 120. The minimum atomic E-state index is -1.98. The number of carbonyl (C=O) groups is 1. The smallest absolute Gasteiger partial charge is 0.220 e. The number of aliphatic hydroxyl groups excluding tert-OH is 11. The molecule has 0 aromatic heterocycles. The Morgan fingerprint density at radius 3 is 1.44 bits per heavy atom. The fraction of sp³-hybridized carbons (Fsp3) is 0.780. The molecule has 3 fully saturated rings. The third kappa shape index (κ3) is 26.0. The van der Waals surface area contributed by atoms with Crippen molar-refractivity contribution in [2.45, 2.75) is 266 Å². The second-order valence-corrected chi connectivity index (χ2v) is 20.7. The number of nitrogens with one attached hydrogen (secondary N) is 1. The minimum Gasteiger partial charge on any atom is -0.394 e. The number of unbranched alkanes of at least 4 members (excludes halogenated alkanes) is 15. The molecule has 19 nitrogen and oxygen atoms in total. The number of carbonyl (C=O) groups excluding carboxylic acids is 1. The molecule has 78 heavy (non-hydrogen) atoms. The highest BCUT2D eigenvalue weighted by Gasteiger charge is 2.53. The van der Waals surface area contributed by atoms with Crippen molar-refractivity contribution in [3.8, 4) is 0 Å². The third-order valence-electron chi connectivity index (χ3n) is 14.2. The molecule has 12 N–H and O–H groups in total. The topological polar surface area (TPSA) is 307 Å². The number of allylic oxidation sites excluding steroid dienone is 11. The van der Waals surface area contributed by atoms with Gasteiger partial charge in [-0.2, -0.15) is 0 Å². The molecular formula is C59H101NO18. The zero-order valence-electron chi connectivity index (χ0n) is 46.6. The summed E-state index contributed by atoms with van der Waals surface area (Å²) in [6.07, 6.45) is 21.7. The van der Waals surface area contributed by atoms with Gasteiger partial charge in [-0.3, -0.25) is 4.79 Å². The Morgan fingerprint density at radius 1 is 0.474 bits per heavy atom. The van der Waals surface area contributed by atoms with Gasteiger partial charge >= 0.3 is 0 Å². The first-order valence-corrected chi connectivity index (χ1v) is 29.2. The van der Waals surface area contributed by atoms with Crippen molar-refractivity contribution in [1.29, 1.82) is 0 Å². The summed E-state index contributed by atoms with van der Waals surface area (Å²) in [5.41, 5.74) is 0. The van der Waals surface area contributed by atoms with Crippen LogP contribution in [0.1, 0.15) is 162 Å². The molecule has 3 heterocycles. The van der Waals surface area contributed by atoms with Gasteiger partial charge in [0.05, 0.1) is 38.6 Å². The van der Waals surface area contributed by atoms with E-state index in [-0.39, 0.29) is 18.9 Å². The number of aliphatic hydroxyl groups is 11. The van der Waals surface area contributed by atoms with E-state index in [1.54, 1.807) is 6.08 Å². The average molecular weight is 1110 g/mol. The Hall–Kier alpha value is -2.77. The third-order valence-corrected chi connectivity index (χ3v) is 14.2. The highest BCUT2D eigenvalue weighted by Crippen LogP contribution is 2.33. The molecule has 17 atom stereocenters. The zero-order valence-corrected chi connectivity index (χ0v) is 46.6. The first-order chi connectivity index (χ1) is 37.8. The van der Waals surface area contributed by atoms with Gasteiger partial charge in [0, 0.05) is 6.42 Å². The molecule has 17 unspecified atom stereocenters. The molecule has 3 rings (SSSR count). The fourth-order valence-electron chi connectivity index (χ4n) is 9.43. The lowest BCUT2D eigenvalue weighted by Gasteiger charge is -2.48. The molecule has 0 radical (unpaired) electrons. The molecule has 0 aliphatic carbocycles. The van der Waals surface area contributed by atoms with Crippen LogP contribution < -0.4 is 5.32 Å². The quantitative estimate of drug-likeness (QED) is 0.0293. The average Bonchev–Trinajstić information content (AvgIpc) is 3.45. The molecule has 19 heteroatoms. The summed E-state index contributed by atoms with van der Waals surface area (Å²) in [4.78, 5) is 13.3. The first kappa shape index (κ1) is 69.5. The molecule has 3 aliphatic rings. The highest BCUT2D eigenvalue weighted by atomic mass is 16.8. The largest absolute Gasteiger partial charge is 0.394 e. The monoisotopic (exact) mass is 1110 g/mol. The van der Waals surface area contributed by atoms with Gasteiger partial charge in [-0.05, 0) is 70.6 Å². The normalized spacial score (nSPS) is 31.0. The van der Waals surface area contributed by atoms with Crippen LogP contribution in [-0.2, 0) is 33.2 Å². The van der Waals surface area contributed by atoms with Crippen molar-refractivity contribution in [2.24, 2.45) is 0 Å². The second-order valence-electron chi connectivity index (χ2n) is 20.7. The van der Waals surface area contributed by atoms with Crippen LogP contribution in [0.15, 0.2) is 72.9 Å². The molecule has 3 aliphatic heterocycles. The molecular weight excluding hydrogens is 1010 g/mol. The van der Waals surface area contributed by atoms with E-state index in [1.165, 1.54) is 44.9 Å². The lowest BCUT2D eigenvalue weighted by molar-refractivity contribution is -0.379. The van der Waals surface area contributed by atoms with Gasteiger partial charge in [0.1, 0.15) is 73.2 Å². The second kappa shape index (κ2) is 42.1. The van der Waals surface area contributed by atoms with Crippen molar-refractivity contribution in [1.82, 2.24) is 5.32 Å². The summed E-state index contributed by atoms with van der Waals surface area (Å²) in [7, 11) is 0. The lowest BCUT2D eigenvalue weighted by atomic mass is 9.96. The van der Waals surface area contributed by atoms with Gasteiger partial charge in [0.2, 0.25) is 5.91 Å². The number of hydrogen-bond donors (Lipinski definition) is 12. The van der Waals surface area contributed by atoms with Crippen LogP contribution in [0.4, 0.5) is 0 Å². The summed E-state index contributed by atoms with van der Waals surface area (Å²) in [6, 6.07) is -1.00. The Labute approximate surface area is 464 Å². The van der Waals surface area contributed by atoms with Gasteiger partial charge in [0.25, 0.3) is 0 Å².